The molecule has 31 heavy (non-hydrogen) atoms. The van der Waals surface area contributed by atoms with Crippen molar-refractivity contribution >= 4 is 37.2 Å². The van der Waals surface area contributed by atoms with Crippen LogP contribution < -0.4 is 16.0 Å². The molecule has 1 heterocycles. The third-order valence-corrected chi connectivity index (χ3v) is 2.75. The Hall–Kier alpha value is 1.26. The number of hydrogen-bond acceptors (Lipinski definition) is 7. The number of nitrogens with one attached hydrogen (secondary N) is 3. The number of hydrogen-bond donors (Lipinski definition) is 7. The van der Waals surface area contributed by atoms with Gasteiger partial charge in [0.1, 0.15) is 0 Å². The fourth-order valence-corrected chi connectivity index (χ4v) is 1.80. The van der Waals surface area contributed by atoms with E-state index >= 15 is 0 Å². The molecule has 1 aliphatic heterocycles. The number of halogens is 3. The Bertz CT molecular complexity index is 116. The zero-order chi connectivity index (χ0) is 19.3. The van der Waals surface area contributed by atoms with Gasteiger partial charge in [-0.1, -0.05) is 12.8 Å². The minimum Gasteiger partial charge on any atom is -0.662 e. The maximum Gasteiger partial charge on any atom is 4.00 e. The van der Waals surface area contributed by atoms with Gasteiger partial charge in [0.15, 0.2) is 0 Å². The zero-order valence-electron chi connectivity index (χ0n) is 20.9. The van der Waals surface area contributed by atoms with E-state index in [1.807, 2.05) is 0 Å². The van der Waals surface area contributed by atoms with E-state index in [0.29, 0.717) is 0 Å². The Morgan fingerprint density at radius 1 is 0.452 bits per heavy atom. The molecule has 200 valence electrons. The fourth-order valence-electron chi connectivity index (χ4n) is 1.80. The molecule has 1 aliphatic rings. The van der Waals surface area contributed by atoms with Crippen molar-refractivity contribution in [2.24, 2.45) is 0 Å². The van der Waals surface area contributed by atoms with Crippen LogP contribution in [0, 0.1) is 22.3 Å². The predicted octanol–water partition coefficient (Wildman–Crippen LogP) is 1.75. The summed E-state index contributed by atoms with van der Waals surface area (Å²) in [6.45, 7) is 8.80. The first-order chi connectivity index (χ1) is 12.0. The van der Waals surface area contributed by atoms with Crippen LogP contribution in [0.3, 0.4) is 0 Å². The second kappa shape index (κ2) is 96.1. The third-order valence-electron chi connectivity index (χ3n) is 2.75. The van der Waals surface area contributed by atoms with E-state index in [1.54, 1.807) is 0 Å². The molecule has 0 unspecified atom stereocenters. The van der Waals surface area contributed by atoms with Gasteiger partial charge in [0.2, 0.25) is 0 Å². The van der Waals surface area contributed by atoms with Gasteiger partial charge in [-0.3, -0.25) is 0 Å². The Morgan fingerprint density at radius 3 is 0.871 bits per heavy atom. The maximum absolute atomic E-state index is 7.00. The van der Waals surface area contributed by atoms with Gasteiger partial charge in [0, 0.05) is 28.4 Å². The summed E-state index contributed by atoms with van der Waals surface area (Å²) < 4.78 is 0. The summed E-state index contributed by atoms with van der Waals surface area (Å²) in [5.41, 5.74) is 0. The van der Waals surface area contributed by atoms with E-state index in [1.165, 1.54) is 25.7 Å². The summed E-state index contributed by atoms with van der Waals surface area (Å²) in [6, 6.07) is 0. The molecule has 0 saturated carbocycles. The predicted molar refractivity (Wildman–Crippen MR) is 144 cm³/mol. The van der Waals surface area contributed by atoms with Crippen molar-refractivity contribution in [2.75, 3.05) is 80.8 Å². The molecule has 7 N–H and O–H groups in total. The standard InChI is InChI=1S/C12H27N4.4CH4O.3CH3.3ClH.Ti/c1-5-13-7-2-9-15-11-4-12-16-10-3-8-14-6-1;4*1-2;;;;;;;/h13-15H,1-12H2;4*2H,1H3;3*1H3;3*1H;/q-1;;;;;3*-1;;;;+4. The molecule has 1 fully saturated rings. The van der Waals surface area contributed by atoms with Gasteiger partial charge >= 0.3 is 21.7 Å². The number of rotatable bonds is 0. The van der Waals surface area contributed by atoms with Crippen LogP contribution in [0.4, 0.5) is 0 Å². The average molecular weight is 558 g/mol. The molecule has 0 amide bonds. The Labute approximate surface area is 228 Å². The second-order valence-electron chi connectivity index (χ2n) is 4.34. The second-order valence-corrected chi connectivity index (χ2v) is 4.34. The van der Waals surface area contributed by atoms with Crippen molar-refractivity contribution in [2.45, 2.75) is 25.7 Å². The van der Waals surface area contributed by atoms with Gasteiger partial charge in [-0.2, -0.15) is 0 Å². The molecule has 0 aromatic rings. The quantitative estimate of drug-likeness (QED) is 0.178. The first-order valence-electron chi connectivity index (χ1n) is 8.54. The summed E-state index contributed by atoms with van der Waals surface area (Å²) >= 11 is 0. The van der Waals surface area contributed by atoms with E-state index in [2.05, 4.69) is 21.3 Å². The van der Waals surface area contributed by atoms with Gasteiger partial charge < -0.3 is 64.0 Å². The summed E-state index contributed by atoms with van der Waals surface area (Å²) in [4.78, 5) is 0. The van der Waals surface area contributed by atoms with E-state index in [0.717, 1.165) is 80.8 Å². The van der Waals surface area contributed by atoms with Crippen molar-refractivity contribution in [3.63, 3.8) is 0 Å². The van der Waals surface area contributed by atoms with Crippen LogP contribution in [-0.2, 0) is 21.7 Å². The summed E-state index contributed by atoms with van der Waals surface area (Å²) in [5.74, 6) is 0. The molecule has 1 saturated heterocycles. The number of aliphatic hydroxyl groups is 4. The van der Waals surface area contributed by atoms with E-state index in [-0.39, 0.29) is 81.2 Å². The Kier molecular flexibility index (Phi) is 216. The third kappa shape index (κ3) is 89.8. The summed E-state index contributed by atoms with van der Waals surface area (Å²) in [5, 5.41) is 42.9. The molecule has 0 atom stereocenters. The molecular formula is C19H55Cl3N4O4Ti. The van der Waals surface area contributed by atoms with Crippen LogP contribution >= 0.6 is 37.2 Å². The topological polar surface area (TPSA) is 131 Å². The van der Waals surface area contributed by atoms with Gasteiger partial charge in [-0.05, 0) is 52.1 Å². The van der Waals surface area contributed by atoms with Crippen LogP contribution in [0.5, 0.6) is 0 Å². The van der Waals surface area contributed by atoms with E-state index in [4.69, 9.17) is 20.4 Å². The smallest absolute Gasteiger partial charge is 0.662 e. The van der Waals surface area contributed by atoms with Crippen molar-refractivity contribution in [1.29, 1.82) is 0 Å². The molecule has 0 aliphatic carbocycles. The van der Waals surface area contributed by atoms with Gasteiger partial charge in [0.05, 0.1) is 0 Å². The van der Waals surface area contributed by atoms with Crippen LogP contribution in [0.1, 0.15) is 25.7 Å². The summed E-state index contributed by atoms with van der Waals surface area (Å²) in [6.07, 6.45) is 4.82. The normalized spacial score (nSPS) is 13.2. The molecule has 8 nitrogen and oxygen atoms in total. The number of aliphatic hydroxyl groups excluding tert-OH is 4. The minimum atomic E-state index is 0. The molecular weight excluding hydrogens is 502 g/mol. The fraction of sp³-hybridized carbons (Fsp3) is 0.842. The van der Waals surface area contributed by atoms with Crippen LogP contribution in [0.15, 0.2) is 0 Å². The van der Waals surface area contributed by atoms with Gasteiger partial charge in [-0.15, -0.1) is 50.3 Å². The number of nitrogens with zero attached hydrogens (tertiary/aromatic N) is 1. The minimum absolute atomic E-state index is 0. The van der Waals surface area contributed by atoms with Crippen molar-refractivity contribution in [1.82, 2.24) is 16.0 Å². The largest absolute Gasteiger partial charge is 4.00 e. The van der Waals surface area contributed by atoms with Crippen LogP contribution in [0.25, 0.3) is 5.32 Å². The maximum atomic E-state index is 7.00. The van der Waals surface area contributed by atoms with Crippen molar-refractivity contribution in [3.05, 3.63) is 27.6 Å². The molecule has 0 aromatic carbocycles. The summed E-state index contributed by atoms with van der Waals surface area (Å²) in [7, 11) is 4.00. The molecule has 0 bridgehead atoms. The van der Waals surface area contributed by atoms with Gasteiger partial charge in [0.25, 0.3) is 0 Å². The van der Waals surface area contributed by atoms with Gasteiger partial charge in [-0.25, -0.2) is 0 Å². The Balaban J connectivity index is -0.0000000268. The van der Waals surface area contributed by atoms with Crippen LogP contribution in [-0.4, -0.2) is 101 Å². The van der Waals surface area contributed by atoms with Crippen LogP contribution in [0.2, 0.25) is 0 Å². The average Bonchev–Trinajstić information content (AvgIpc) is 2.68. The van der Waals surface area contributed by atoms with E-state index in [9.17, 15) is 0 Å². The zero-order valence-corrected chi connectivity index (χ0v) is 25.0. The first-order valence-corrected chi connectivity index (χ1v) is 8.54. The van der Waals surface area contributed by atoms with Crippen molar-refractivity contribution in [3.8, 4) is 0 Å². The molecule has 1 rings (SSSR count). The molecule has 12 heteroatoms. The molecule has 0 spiro atoms. The Morgan fingerprint density at radius 2 is 0.645 bits per heavy atom. The SMILES string of the molecule is C1C[N-]CCCNCCCNCCCNC1.CO.CO.CO.CO.Cl.Cl.Cl.[CH3-].[CH3-].[CH3-].[Ti+4]. The first kappa shape index (κ1) is 69.7. The molecule has 0 aromatic heterocycles. The van der Waals surface area contributed by atoms with Crippen molar-refractivity contribution < 1.29 is 42.1 Å². The monoisotopic (exact) mass is 556 g/mol. The van der Waals surface area contributed by atoms with E-state index < -0.39 is 0 Å². The molecule has 0 radical (unpaired) electrons.